The van der Waals surface area contributed by atoms with Crippen molar-refractivity contribution in [2.45, 2.75) is 51.6 Å². The molecule has 0 spiro atoms. The molecule has 1 fully saturated rings. The van der Waals surface area contributed by atoms with Crippen LogP contribution in [-0.2, 0) is 6.42 Å². The zero-order valence-electron chi connectivity index (χ0n) is 10.9. The average Bonchev–Trinajstić information content (AvgIpc) is 2.78. The number of likely N-dealkylation sites (tertiary alicyclic amines) is 1. The minimum atomic E-state index is -0.872. The molecule has 0 aliphatic carbocycles. The van der Waals surface area contributed by atoms with Crippen molar-refractivity contribution in [3.8, 4) is 0 Å². The summed E-state index contributed by atoms with van der Waals surface area (Å²) in [5.41, 5.74) is 0. The van der Waals surface area contributed by atoms with Gasteiger partial charge in [0, 0.05) is 18.5 Å². The molecule has 100 valence electrons. The van der Waals surface area contributed by atoms with Crippen molar-refractivity contribution in [2.24, 2.45) is 0 Å². The predicted molar refractivity (Wildman–Crippen MR) is 72.3 cm³/mol. The van der Waals surface area contributed by atoms with Gasteiger partial charge in [-0.05, 0) is 33.2 Å². The Balaban J connectivity index is 2.03. The molecule has 0 aromatic carbocycles. The normalized spacial score (nSPS) is 21.4. The summed E-state index contributed by atoms with van der Waals surface area (Å²) in [5, 5.41) is 9.85. The molecule has 1 aromatic rings. The summed E-state index contributed by atoms with van der Waals surface area (Å²) in [4.78, 5) is 17.9. The number of hydrogen-bond donors (Lipinski definition) is 1. The summed E-state index contributed by atoms with van der Waals surface area (Å²) in [6.07, 6.45) is 6.10. The minimum Gasteiger partial charge on any atom is -0.477 e. The van der Waals surface area contributed by atoms with Gasteiger partial charge in [-0.2, -0.15) is 0 Å². The van der Waals surface area contributed by atoms with Gasteiger partial charge in [-0.3, -0.25) is 4.90 Å². The van der Waals surface area contributed by atoms with Crippen LogP contribution >= 0.6 is 11.3 Å². The second kappa shape index (κ2) is 5.80. The number of carbonyl (C=O) groups is 1. The first-order valence-electron chi connectivity index (χ1n) is 6.51. The lowest BCUT2D eigenvalue weighted by Gasteiger charge is -2.38. The van der Waals surface area contributed by atoms with E-state index in [1.54, 1.807) is 0 Å². The molecular weight excluding hydrogens is 248 g/mol. The van der Waals surface area contributed by atoms with Crippen molar-refractivity contribution in [3.05, 3.63) is 16.1 Å². The second-order valence-corrected chi connectivity index (χ2v) is 6.22. The zero-order chi connectivity index (χ0) is 13.1. The first kappa shape index (κ1) is 13.5. The first-order chi connectivity index (χ1) is 8.58. The van der Waals surface area contributed by atoms with Crippen LogP contribution in [0.15, 0.2) is 6.20 Å². The molecule has 4 nitrogen and oxygen atoms in total. The molecular formula is C13H20N2O2S. The fourth-order valence-corrected chi connectivity index (χ4v) is 3.45. The number of carboxylic acid groups (broad SMARTS) is 1. The highest BCUT2D eigenvalue weighted by Crippen LogP contribution is 2.24. The molecule has 0 saturated carbocycles. The van der Waals surface area contributed by atoms with Crippen LogP contribution in [0.5, 0.6) is 0 Å². The standard InChI is InChI=1S/C13H20N2O2S/c1-9(2)15-6-4-3-5-10(15)7-12-14-8-11(18-12)13(16)17/h8-10H,3-7H2,1-2H3,(H,16,17). The van der Waals surface area contributed by atoms with Crippen LogP contribution in [0, 0.1) is 0 Å². The molecule has 5 heteroatoms. The molecule has 0 bridgehead atoms. The Morgan fingerprint density at radius 3 is 3.00 bits per heavy atom. The molecule has 18 heavy (non-hydrogen) atoms. The number of piperidine rings is 1. The Morgan fingerprint density at radius 1 is 1.61 bits per heavy atom. The number of thiazole rings is 1. The highest BCUT2D eigenvalue weighted by atomic mass is 32.1. The predicted octanol–water partition coefficient (Wildman–Crippen LogP) is 2.65. The van der Waals surface area contributed by atoms with Gasteiger partial charge >= 0.3 is 5.97 Å². The molecule has 1 saturated heterocycles. The van der Waals surface area contributed by atoms with Gasteiger partial charge in [0.2, 0.25) is 0 Å². The number of carboxylic acids is 1. The van der Waals surface area contributed by atoms with Gasteiger partial charge in [0.25, 0.3) is 0 Å². The van der Waals surface area contributed by atoms with E-state index in [4.69, 9.17) is 5.11 Å². The van der Waals surface area contributed by atoms with Crippen LogP contribution in [0.3, 0.4) is 0 Å². The van der Waals surface area contributed by atoms with Crippen LogP contribution in [0.4, 0.5) is 0 Å². The summed E-state index contributed by atoms with van der Waals surface area (Å²) in [5.74, 6) is -0.872. The summed E-state index contributed by atoms with van der Waals surface area (Å²) >= 11 is 1.31. The van der Waals surface area contributed by atoms with Crippen LogP contribution in [0.2, 0.25) is 0 Å². The molecule has 0 amide bonds. The summed E-state index contributed by atoms with van der Waals surface area (Å²) in [6.45, 7) is 5.60. The van der Waals surface area contributed by atoms with Crippen molar-refractivity contribution in [1.29, 1.82) is 0 Å². The minimum absolute atomic E-state index is 0.344. The van der Waals surface area contributed by atoms with Gasteiger partial charge in [-0.15, -0.1) is 11.3 Å². The van der Waals surface area contributed by atoms with E-state index in [1.807, 2.05) is 0 Å². The summed E-state index contributed by atoms with van der Waals surface area (Å²) in [7, 11) is 0. The van der Waals surface area contributed by atoms with Gasteiger partial charge in [0.15, 0.2) is 0 Å². The molecule has 1 unspecified atom stereocenters. The third kappa shape index (κ3) is 3.09. The van der Waals surface area contributed by atoms with E-state index in [2.05, 4.69) is 23.7 Å². The Labute approximate surface area is 112 Å². The van der Waals surface area contributed by atoms with Gasteiger partial charge in [-0.25, -0.2) is 9.78 Å². The molecule has 0 radical (unpaired) electrons. The van der Waals surface area contributed by atoms with E-state index < -0.39 is 5.97 Å². The van der Waals surface area contributed by atoms with Crippen molar-refractivity contribution >= 4 is 17.3 Å². The Kier molecular flexibility index (Phi) is 4.35. The zero-order valence-corrected chi connectivity index (χ0v) is 11.7. The van der Waals surface area contributed by atoms with E-state index >= 15 is 0 Å². The fourth-order valence-electron chi connectivity index (χ4n) is 2.63. The van der Waals surface area contributed by atoms with Gasteiger partial charge in [0.05, 0.1) is 11.2 Å². The Morgan fingerprint density at radius 2 is 2.39 bits per heavy atom. The van der Waals surface area contributed by atoms with Gasteiger partial charge < -0.3 is 5.11 Å². The Bertz CT molecular complexity index is 417. The summed E-state index contributed by atoms with van der Waals surface area (Å²) < 4.78 is 0. The van der Waals surface area contributed by atoms with E-state index in [0.29, 0.717) is 17.0 Å². The second-order valence-electron chi connectivity index (χ2n) is 5.11. The van der Waals surface area contributed by atoms with Crippen LogP contribution < -0.4 is 0 Å². The van der Waals surface area contributed by atoms with Gasteiger partial charge in [0.1, 0.15) is 4.88 Å². The molecule has 1 N–H and O–H groups in total. The monoisotopic (exact) mass is 268 g/mol. The Hall–Kier alpha value is -0.940. The van der Waals surface area contributed by atoms with Crippen molar-refractivity contribution in [1.82, 2.24) is 9.88 Å². The van der Waals surface area contributed by atoms with Crippen LogP contribution in [0.1, 0.15) is 47.8 Å². The average molecular weight is 268 g/mol. The first-order valence-corrected chi connectivity index (χ1v) is 7.33. The maximum absolute atomic E-state index is 10.8. The number of hydrogen-bond acceptors (Lipinski definition) is 4. The molecule has 2 rings (SSSR count). The molecule has 2 heterocycles. The summed E-state index contributed by atoms with van der Waals surface area (Å²) in [6, 6.07) is 1.07. The lowest BCUT2D eigenvalue weighted by atomic mass is 9.98. The third-order valence-corrected chi connectivity index (χ3v) is 4.52. The highest BCUT2D eigenvalue weighted by Gasteiger charge is 2.25. The SMILES string of the molecule is CC(C)N1CCCCC1Cc1ncc(C(=O)O)s1. The van der Waals surface area contributed by atoms with Crippen LogP contribution in [-0.4, -0.2) is 39.6 Å². The molecule has 1 aliphatic heterocycles. The van der Waals surface area contributed by atoms with E-state index in [9.17, 15) is 4.79 Å². The maximum atomic E-state index is 10.8. The highest BCUT2D eigenvalue weighted by molar-refractivity contribution is 7.13. The molecule has 1 aromatic heterocycles. The van der Waals surface area contributed by atoms with Crippen molar-refractivity contribution in [2.75, 3.05) is 6.54 Å². The lowest BCUT2D eigenvalue weighted by Crippen LogP contribution is -2.44. The topological polar surface area (TPSA) is 53.4 Å². The number of aromatic nitrogens is 1. The molecule has 1 aliphatic rings. The molecule has 1 atom stereocenters. The smallest absolute Gasteiger partial charge is 0.347 e. The number of nitrogens with zero attached hydrogens (tertiary/aromatic N) is 2. The van der Waals surface area contributed by atoms with E-state index in [-0.39, 0.29) is 0 Å². The lowest BCUT2D eigenvalue weighted by molar-refractivity contribution is 0.0702. The van der Waals surface area contributed by atoms with Crippen LogP contribution in [0.25, 0.3) is 0 Å². The number of aromatic carboxylic acids is 1. The quantitative estimate of drug-likeness (QED) is 0.912. The maximum Gasteiger partial charge on any atom is 0.347 e. The van der Waals surface area contributed by atoms with E-state index in [0.717, 1.165) is 18.0 Å². The fraction of sp³-hybridized carbons (Fsp3) is 0.692. The van der Waals surface area contributed by atoms with E-state index in [1.165, 1.54) is 36.8 Å². The van der Waals surface area contributed by atoms with Crippen molar-refractivity contribution < 1.29 is 9.90 Å². The van der Waals surface area contributed by atoms with Crippen molar-refractivity contribution in [3.63, 3.8) is 0 Å². The third-order valence-electron chi connectivity index (χ3n) is 3.51. The number of rotatable bonds is 4. The largest absolute Gasteiger partial charge is 0.477 e. The van der Waals surface area contributed by atoms with Gasteiger partial charge in [-0.1, -0.05) is 6.42 Å².